The molecule has 3 N–H and O–H groups in total. The van der Waals surface area contributed by atoms with E-state index >= 15 is 0 Å². The Balaban J connectivity index is 2.90. The third kappa shape index (κ3) is 4.84. The standard InChI is InChI=1S/C11H17N3O4S/c1-7-5-8(19(12,16)17)6-13-9(7)14-10(15)18-11(2,3)4/h5-6H,1-4H3,(H2,12,16,17)(H,13,14,15). The van der Waals surface area contributed by atoms with E-state index in [2.05, 4.69) is 10.3 Å². The van der Waals surface area contributed by atoms with Gasteiger partial charge in [0.1, 0.15) is 16.3 Å². The predicted octanol–water partition coefficient (Wildman–Crippen LogP) is 1.38. The molecule has 0 aliphatic carbocycles. The van der Waals surface area contributed by atoms with Crippen molar-refractivity contribution in [2.75, 3.05) is 5.32 Å². The number of ether oxygens (including phenoxy) is 1. The molecule has 1 heterocycles. The summed E-state index contributed by atoms with van der Waals surface area (Å²) in [6.07, 6.45) is 0.418. The number of carbonyl (C=O) groups excluding carboxylic acids is 1. The smallest absolute Gasteiger partial charge is 0.413 e. The Kier molecular flexibility index (Phi) is 4.16. The van der Waals surface area contributed by atoms with Crippen LogP contribution in [0.3, 0.4) is 0 Å². The van der Waals surface area contributed by atoms with E-state index in [1.165, 1.54) is 6.07 Å². The molecule has 0 spiro atoms. The van der Waals surface area contributed by atoms with Crippen molar-refractivity contribution in [1.82, 2.24) is 4.98 Å². The van der Waals surface area contributed by atoms with Gasteiger partial charge in [-0.25, -0.2) is 23.3 Å². The maximum atomic E-state index is 11.5. The summed E-state index contributed by atoms with van der Waals surface area (Å²) >= 11 is 0. The first-order valence-corrected chi connectivity index (χ1v) is 7.03. The summed E-state index contributed by atoms with van der Waals surface area (Å²) in [5.41, 5.74) is -0.157. The maximum Gasteiger partial charge on any atom is 0.413 e. The molecule has 0 bridgehead atoms. The van der Waals surface area contributed by atoms with E-state index < -0.39 is 21.7 Å². The molecule has 1 amide bonds. The van der Waals surface area contributed by atoms with E-state index in [4.69, 9.17) is 9.88 Å². The molecule has 0 aromatic carbocycles. The Labute approximate surface area is 112 Å². The topological polar surface area (TPSA) is 111 Å². The lowest BCUT2D eigenvalue weighted by atomic mass is 10.2. The number of nitrogens with two attached hydrogens (primary N) is 1. The summed E-state index contributed by atoms with van der Waals surface area (Å²) < 4.78 is 27.3. The zero-order valence-corrected chi connectivity index (χ0v) is 12.0. The second-order valence-corrected chi connectivity index (χ2v) is 6.57. The van der Waals surface area contributed by atoms with Crippen LogP contribution in [-0.4, -0.2) is 25.1 Å². The van der Waals surface area contributed by atoms with Gasteiger partial charge in [-0.15, -0.1) is 0 Å². The van der Waals surface area contributed by atoms with Crippen LogP contribution >= 0.6 is 0 Å². The largest absolute Gasteiger partial charge is 0.444 e. The van der Waals surface area contributed by atoms with Crippen LogP contribution in [0.2, 0.25) is 0 Å². The van der Waals surface area contributed by atoms with E-state index in [0.717, 1.165) is 6.20 Å². The van der Waals surface area contributed by atoms with Gasteiger partial charge < -0.3 is 4.74 Å². The third-order valence-electron chi connectivity index (χ3n) is 2.00. The lowest BCUT2D eigenvalue weighted by molar-refractivity contribution is 0.0635. The van der Waals surface area contributed by atoms with Crippen LogP contribution in [0.5, 0.6) is 0 Å². The molecule has 0 aliphatic rings. The van der Waals surface area contributed by atoms with Gasteiger partial charge in [-0.05, 0) is 39.3 Å². The first-order valence-electron chi connectivity index (χ1n) is 5.48. The van der Waals surface area contributed by atoms with Crippen LogP contribution in [0.4, 0.5) is 10.6 Å². The fraction of sp³-hybridized carbons (Fsp3) is 0.455. The highest BCUT2D eigenvalue weighted by molar-refractivity contribution is 7.89. The predicted molar refractivity (Wildman–Crippen MR) is 70.2 cm³/mol. The summed E-state index contributed by atoms with van der Waals surface area (Å²) in [6, 6.07) is 1.33. The average molecular weight is 287 g/mol. The highest BCUT2D eigenvalue weighted by Gasteiger charge is 2.18. The molecule has 1 rings (SSSR count). The Morgan fingerprint density at radius 3 is 2.42 bits per heavy atom. The third-order valence-corrected chi connectivity index (χ3v) is 2.88. The van der Waals surface area contributed by atoms with Crippen molar-refractivity contribution in [3.05, 3.63) is 17.8 Å². The van der Waals surface area contributed by atoms with Crippen LogP contribution in [0.15, 0.2) is 17.2 Å². The van der Waals surface area contributed by atoms with E-state index in [9.17, 15) is 13.2 Å². The fourth-order valence-corrected chi connectivity index (χ4v) is 1.78. The van der Waals surface area contributed by atoms with E-state index in [-0.39, 0.29) is 10.7 Å². The molecule has 1 aromatic heterocycles. The lowest BCUT2D eigenvalue weighted by Gasteiger charge is -2.19. The number of rotatable bonds is 2. The Bertz CT molecular complexity index is 590. The van der Waals surface area contributed by atoms with Crippen molar-refractivity contribution in [3.63, 3.8) is 0 Å². The van der Waals surface area contributed by atoms with Gasteiger partial charge in [0.2, 0.25) is 10.0 Å². The van der Waals surface area contributed by atoms with Crippen LogP contribution in [0, 0.1) is 6.92 Å². The second kappa shape index (κ2) is 5.14. The van der Waals surface area contributed by atoms with Crippen molar-refractivity contribution < 1.29 is 17.9 Å². The monoisotopic (exact) mass is 287 g/mol. The maximum absolute atomic E-state index is 11.5. The summed E-state index contributed by atoms with van der Waals surface area (Å²) in [7, 11) is -3.81. The molecule has 8 heteroatoms. The number of anilines is 1. The normalized spacial score (nSPS) is 12.1. The summed E-state index contributed by atoms with van der Waals surface area (Å²) in [4.78, 5) is 15.3. The number of hydrogen-bond donors (Lipinski definition) is 2. The summed E-state index contributed by atoms with van der Waals surface area (Å²) in [5, 5.41) is 7.42. The van der Waals surface area contributed by atoms with Crippen LogP contribution < -0.4 is 10.5 Å². The number of sulfonamides is 1. The molecule has 0 atom stereocenters. The minimum atomic E-state index is -3.81. The fourth-order valence-electron chi connectivity index (χ4n) is 1.24. The van der Waals surface area contributed by atoms with Gasteiger partial charge in [-0.1, -0.05) is 0 Å². The molecular formula is C11H17N3O4S. The molecule has 7 nitrogen and oxygen atoms in total. The first-order chi connectivity index (χ1) is 8.49. The van der Waals surface area contributed by atoms with Gasteiger partial charge in [0.05, 0.1) is 0 Å². The number of aryl methyl sites for hydroxylation is 1. The van der Waals surface area contributed by atoms with Gasteiger partial charge in [-0.2, -0.15) is 0 Å². The Morgan fingerprint density at radius 1 is 1.42 bits per heavy atom. The number of carbonyl (C=O) groups is 1. The van der Waals surface area contributed by atoms with Crippen LogP contribution in [0.25, 0.3) is 0 Å². The van der Waals surface area contributed by atoms with Crippen molar-refractivity contribution in [2.24, 2.45) is 5.14 Å². The SMILES string of the molecule is Cc1cc(S(N)(=O)=O)cnc1NC(=O)OC(C)(C)C. The number of pyridine rings is 1. The molecule has 0 saturated heterocycles. The van der Waals surface area contributed by atoms with E-state index in [1.54, 1.807) is 27.7 Å². The summed E-state index contributed by atoms with van der Waals surface area (Å²) in [6.45, 7) is 6.80. The number of nitrogens with one attached hydrogen (secondary N) is 1. The average Bonchev–Trinajstić information content (AvgIpc) is 2.16. The molecule has 106 valence electrons. The molecular weight excluding hydrogens is 270 g/mol. The molecule has 0 saturated carbocycles. The van der Waals surface area contributed by atoms with E-state index in [1.807, 2.05) is 0 Å². The number of amides is 1. The minimum absolute atomic E-state index is 0.111. The number of hydrogen-bond acceptors (Lipinski definition) is 5. The van der Waals surface area contributed by atoms with E-state index in [0.29, 0.717) is 5.56 Å². The van der Waals surface area contributed by atoms with Gasteiger partial charge in [0, 0.05) is 6.20 Å². The number of nitrogens with zero attached hydrogens (tertiary/aromatic N) is 1. The van der Waals surface area contributed by atoms with Crippen molar-refractivity contribution >= 4 is 21.9 Å². The van der Waals surface area contributed by atoms with Gasteiger partial charge >= 0.3 is 6.09 Å². The minimum Gasteiger partial charge on any atom is -0.444 e. The molecule has 0 aliphatic heterocycles. The lowest BCUT2D eigenvalue weighted by Crippen LogP contribution is -2.27. The molecule has 1 aromatic rings. The number of aromatic nitrogens is 1. The van der Waals surface area contributed by atoms with Crippen molar-refractivity contribution in [2.45, 2.75) is 38.2 Å². The van der Waals surface area contributed by atoms with Gasteiger partial charge in [0.25, 0.3) is 0 Å². The van der Waals surface area contributed by atoms with Gasteiger partial charge in [-0.3, -0.25) is 5.32 Å². The highest BCUT2D eigenvalue weighted by atomic mass is 32.2. The Hall–Kier alpha value is -1.67. The highest BCUT2D eigenvalue weighted by Crippen LogP contribution is 2.16. The number of primary sulfonamides is 1. The molecule has 0 radical (unpaired) electrons. The first kappa shape index (κ1) is 15.4. The van der Waals surface area contributed by atoms with Crippen LogP contribution in [-0.2, 0) is 14.8 Å². The van der Waals surface area contributed by atoms with Crippen LogP contribution in [0.1, 0.15) is 26.3 Å². The zero-order valence-electron chi connectivity index (χ0n) is 11.2. The van der Waals surface area contributed by atoms with Crippen molar-refractivity contribution in [3.8, 4) is 0 Å². The van der Waals surface area contributed by atoms with Crippen molar-refractivity contribution in [1.29, 1.82) is 0 Å². The molecule has 0 fully saturated rings. The Morgan fingerprint density at radius 2 is 2.00 bits per heavy atom. The second-order valence-electron chi connectivity index (χ2n) is 5.01. The summed E-state index contributed by atoms with van der Waals surface area (Å²) in [5.74, 6) is 0.224. The molecule has 19 heavy (non-hydrogen) atoms. The molecule has 0 unspecified atom stereocenters. The van der Waals surface area contributed by atoms with Gasteiger partial charge in [0.15, 0.2) is 0 Å². The quantitative estimate of drug-likeness (QED) is 0.853. The zero-order chi connectivity index (χ0) is 14.8.